The molecule has 0 aromatic carbocycles. The second-order valence-electron chi connectivity index (χ2n) is 2.56. The second-order valence-corrected chi connectivity index (χ2v) is 2.56. The number of rotatable bonds is 5. The second kappa shape index (κ2) is 5.29. The molecule has 4 N–H and O–H groups in total. The third-order valence-electron chi connectivity index (χ3n) is 1.34. The molecular formula is C6H14BN3O. The molecule has 0 amide bonds. The van der Waals surface area contributed by atoms with Gasteiger partial charge in [-0.2, -0.15) is 0 Å². The topological polar surface area (TPSA) is 67.2 Å². The molecule has 0 aliphatic rings. The molecule has 0 spiro atoms. The third-order valence-corrected chi connectivity index (χ3v) is 1.34. The fraction of sp³-hybridized carbons (Fsp3) is 0.833. The molecule has 0 saturated carbocycles. The maximum atomic E-state index is 11.2. The van der Waals surface area contributed by atoms with Gasteiger partial charge in [-0.3, -0.25) is 10.1 Å². The Hall–Kier alpha value is -0.385. The molecule has 0 rings (SSSR count). The SMILES string of the molecule is [B]NC(NCN)C(=O)C(C)C. The highest BCUT2D eigenvalue weighted by atomic mass is 16.1. The number of Topliss-reactive ketones (excluding diaryl/α,β-unsaturated/α-hetero) is 1. The summed E-state index contributed by atoms with van der Waals surface area (Å²) >= 11 is 0. The highest BCUT2D eigenvalue weighted by Gasteiger charge is 2.17. The summed E-state index contributed by atoms with van der Waals surface area (Å²) in [5.41, 5.74) is 5.18. The molecule has 0 aromatic rings. The monoisotopic (exact) mass is 155 g/mol. The van der Waals surface area contributed by atoms with Crippen LogP contribution in [0.1, 0.15) is 13.8 Å². The van der Waals surface area contributed by atoms with Crippen LogP contribution in [0.2, 0.25) is 0 Å². The van der Waals surface area contributed by atoms with E-state index in [0.29, 0.717) is 0 Å². The number of nitrogens with two attached hydrogens (primary N) is 1. The van der Waals surface area contributed by atoms with E-state index in [9.17, 15) is 4.79 Å². The van der Waals surface area contributed by atoms with Crippen LogP contribution in [0.3, 0.4) is 0 Å². The van der Waals surface area contributed by atoms with Gasteiger partial charge >= 0.3 is 0 Å². The largest absolute Gasteiger partial charge is 0.346 e. The van der Waals surface area contributed by atoms with Gasteiger partial charge in [0.25, 0.3) is 0 Å². The molecule has 62 valence electrons. The number of hydrogen-bond donors (Lipinski definition) is 3. The first-order chi connectivity index (χ1) is 5.13. The molecule has 11 heavy (non-hydrogen) atoms. The van der Waals surface area contributed by atoms with Crippen LogP contribution in [0.25, 0.3) is 0 Å². The van der Waals surface area contributed by atoms with Gasteiger partial charge in [-0.15, -0.1) is 0 Å². The summed E-state index contributed by atoms with van der Waals surface area (Å²) in [6, 6.07) is 0. The third kappa shape index (κ3) is 3.50. The summed E-state index contributed by atoms with van der Waals surface area (Å²) in [7, 11) is 5.11. The Balaban J connectivity index is 3.92. The fourth-order valence-corrected chi connectivity index (χ4v) is 0.693. The summed E-state index contributed by atoms with van der Waals surface area (Å²) in [6.07, 6.45) is -0.528. The Labute approximate surface area is 68.3 Å². The zero-order valence-electron chi connectivity index (χ0n) is 6.92. The van der Waals surface area contributed by atoms with E-state index in [4.69, 9.17) is 13.7 Å². The van der Waals surface area contributed by atoms with Crippen molar-refractivity contribution in [3.63, 3.8) is 0 Å². The van der Waals surface area contributed by atoms with Crippen molar-refractivity contribution < 1.29 is 4.79 Å². The molecule has 0 aromatic heterocycles. The van der Waals surface area contributed by atoms with Gasteiger partial charge in [0.05, 0.1) is 0 Å². The normalized spacial score (nSPS) is 13.5. The quantitative estimate of drug-likeness (QED) is 0.341. The molecule has 0 bridgehead atoms. The molecule has 5 heteroatoms. The van der Waals surface area contributed by atoms with Gasteiger partial charge < -0.3 is 11.0 Å². The number of ketones is 1. The highest BCUT2D eigenvalue weighted by Crippen LogP contribution is 1.96. The van der Waals surface area contributed by atoms with E-state index < -0.39 is 6.17 Å². The molecule has 1 unspecified atom stereocenters. The zero-order chi connectivity index (χ0) is 8.85. The Morgan fingerprint density at radius 1 is 1.64 bits per heavy atom. The summed E-state index contributed by atoms with van der Waals surface area (Å²) in [5, 5.41) is 5.05. The molecule has 0 aliphatic carbocycles. The van der Waals surface area contributed by atoms with E-state index in [1.54, 1.807) is 0 Å². The van der Waals surface area contributed by atoms with Crippen LogP contribution >= 0.6 is 0 Å². The van der Waals surface area contributed by atoms with Crippen molar-refractivity contribution in [2.24, 2.45) is 11.7 Å². The standard InChI is InChI=1S/C6H14BN3O/c1-4(2)5(11)6(10-7)9-3-8/h4,6,9-10H,3,8H2,1-2H3. The van der Waals surface area contributed by atoms with Crippen LogP contribution in [0.5, 0.6) is 0 Å². The molecule has 0 heterocycles. The predicted octanol–water partition coefficient (Wildman–Crippen LogP) is -1.28. The Morgan fingerprint density at radius 2 is 2.18 bits per heavy atom. The molecule has 0 aliphatic heterocycles. The predicted molar refractivity (Wildman–Crippen MR) is 44.7 cm³/mol. The van der Waals surface area contributed by atoms with Crippen molar-refractivity contribution in [3.05, 3.63) is 0 Å². The maximum absolute atomic E-state index is 11.2. The Morgan fingerprint density at radius 3 is 2.45 bits per heavy atom. The average molecular weight is 155 g/mol. The van der Waals surface area contributed by atoms with Gasteiger partial charge in [0.1, 0.15) is 6.17 Å². The van der Waals surface area contributed by atoms with Crippen LogP contribution in [-0.4, -0.2) is 26.6 Å². The van der Waals surface area contributed by atoms with Crippen LogP contribution in [0, 0.1) is 5.92 Å². The van der Waals surface area contributed by atoms with Crippen LogP contribution in [0.4, 0.5) is 0 Å². The van der Waals surface area contributed by atoms with Crippen LogP contribution in [-0.2, 0) is 4.79 Å². The van der Waals surface area contributed by atoms with Crippen molar-refractivity contribution in [2.45, 2.75) is 20.0 Å². The average Bonchev–Trinajstić information content (AvgIpc) is 1.98. The van der Waals surface area contributed by atoms with Crippen molar-refractivity contribution in [2.75, 3.05) is 6.67 Å². The number of carbonyl (C=O) groups is 1. The van der Waals surface area contributed by atoms with Crippen LogP contribution in [0.15, 0.2) is 0 Å². The first kappa shape index (κ1) is 10.6. The number of carbonyl (C=O) groups excluding carboxylic acids is 1. The molecular weight excluding hydrogens is 141 g/mol. The minimum atomic E-state index is -0.528. The van der Waals surface area contributed by atoms with E-state index in [1.807, 2.05) is 13.8 Å². The minimum absolute atomic E-state index is 0.0120. The smallest absolute Gasteiger partial charge is 0.180 e. The van der Waals surface area contributed by atoms with E-state index in [0.717, 1.165) is 0 Å². The van der Waals surface area contributed by atoms with Crippen molar-refractivity contribution >= 4 is 13.8 Å². The summed E-state index contributed by atoms with van der Waals surface area (Å²) in [5.74, 6) is -0.0342. The summed E-state index contributed by atoms with van der Waals surface area (Å²) in [6.45, 7) is 3.85. The number of hydrogen-bond acceptors (Lipinski definition) is 4. The van der Waals surface area contributed by atoms with Crippen molar-refractivity contribution in [1.29, 1.82) is 0 Å². The minimum Gasteiger partial charge on any atom is -0.346 e. The van der Waals surface area contributed by atoms with Crippen molar-refractivity contribution in [1.82, 2.24) is 10.5 Å². The Bertz CT molecular complexity index is 129. The first-order valence-electron chi connectivity index (χ1n) is 3.56. The van der Waals surface area contributed by atoms with Gasteiger partial charge in [-0.25, -0.2) is 0 Å². The lowest BCUT2D eigenvalue weighted by Crippen LogP contribution is -2.50. The molecule has 4 nitrogen and oxygen atoms in total. The van der Waals surface area contributed by atoms with Gasteiger partial charge in [-0.05, 0) is 0 Å². The van der Waals surface area contributed by atoms with E-state index in [-0.39, 0.29) is 18.4 Å². The van der Waals surface area contributed by atoms with E-state index in [1.165, 1.54) is 0 Å². The number of nitrogens with one attached hydrogen (secondary N) is 2. The van der Waals surface area contributed by atoms with Gasteiger partial charge in [0, 0.05) is 12.6 Å². The zero-order valence-corrected chi connectivity index (χ0v) is 6.92. The molecule has 0 fully saturated rings. The molecule has 1 atom stereocenters. The molecule has 0 saturated heterocycles. The Kier molecular flexibility index (Phi) is 5.10. The fourth-order valence-electron chi connectivity index (χ4n) is 0.693. The first-order valence-corrected chi connectivity index (χ1v) is 3.56. The van der Waals surface area contributed by atoms with Crippen LogP contribution < -0.4 is 16.3 Å². The summed E-state index contributed by atoms with van der Waals surface area (Å²) < 4.78 is 0. The molecule has 2 radical (unpaired) electrons. The van der Waals surface area contributed by atoms with E-state index >= 15 is 0 Å². The van der Waals surface area contributed by atoms with Crippen molar-refractivity contribution in [3.8, 4) is 0 Å². The maximum Gasteiger partial charge on any atom is 0.180 e. The highest BCUT2D eigenvalue weighted by molar-refractivity contribution is 6.07. The lowest BCUT2D eigenvalue weighted by Gasteiger charge is -2.17. The van der Waals surface area contributed by atoms with Gasteiger partial charge in [0.15, 0.2) is 13.8 Å². The lowest BCUT2D eigenvalue weighted by atomic mass is 10.1. The van der Waals surface area contributed by atoms with Gasteiger partial charge in [-0.1, -0.05) is 13.8 Å². The van der Waals surface area contributed by atoms with E-state index in [2.05, 4.69) is 10.5 Å². The summed E-state index contributed by atoms with van der Waals surface area (Å²) in [4.78, 5) is 11.2. The lowest BCUT2D eigenvalue weighted by molar-refractivity contribution is -0.124. The van der Waals surface area contributed by atoms with Gasteiger partial charge in [0.2, 0.25) is 0 Å².